The second kappa shape index (κ2) is 6.81. The third-order valence-electron chi connectivity index (χ3n) is 2.30. The number of aromatic amines is 1. The van der Waals surface area contributed by atoms with Gasteiger partial charge in [0.05, 0.1) is 25.5 Å². The number of nitrogens with one attached hydrogen (secondary N) is 2. The van der Waals surface area contributed by atoms with Gasteiger partial charge in [0.25, 0.3) is 10.0 Å². The van der Waals surface area contributed by atoms with E-state index in [1.165, 1.54) is 20.4 Å². The van der Waals surface area contributed by atoms with Crippen molar-refractivity contribution in [2.45, 2.75) is 17.7 Å². The maximum absolute atomic E-state index is 11.9. The fourth-order valence-electron chi connectivity index (χ4n) is 1.32. The van der Waals surface area contributed by atoms with Gasteiger partial charge in [-0.3, -0.25) is 5.10 Å². The summed E-state index contributed by atoms with van der Waals surface area (Å²) in [6, 6.07) is 0. The number of sulfonamides is 1. The van der Waals surface area contributed by atoms with E-state index in [0.717, 1.165) is 0 Å². The summed E-state index contributed by atoms with van der Waals surface area (Å²) < 4.78 is 36.1. The van der Waals surface area contributed by atoms with Crippen LogP contribution >= 0.6 is 0 Å². The number of nitrogens with zero attached hydrogens (tertiary/aromatic N) is 1. The number of methoxy groups -OCH3 is 2. The van der Waals surface area contributed by atoms with E-state index < -0.39 is 16.6 Å². The van der Waals surface area contributed by atoms with Gasteiger partial charge in [0.1, 0.15) is 0 Å². The number of aromatic nitrogens is 2. The number of hydrogen-bond donors (Lipinski definition) is 3. The lowest BCUT2D eigenvalue weighted by molar-refractivity contribution is 0.0320. The molecule has 0 spiro atoms. The molecule has 3 N–H and O–H groups in total. The molecular formula is C9H17N3O5S. The van der Waals surface area contributed by atoms with Crippen molar-refractivity contribution < 1.29 is 23.0 Å². The first-order valence-electron chi connectivity index (χ1n) is 5.19. The molecule has 0 bridgehead atoms. The van der Waals surface area contributed by atoms with Crippen molar-refractivity contribution in [3.05, 3.63) is 11.8 Å². The van der Waals surface area contributed by atoms with E-state index in [0.29, 0.717) is 0 Å². The summed E-state index contributed by atoms with van der Waals surface area (Å²) in [5, 5.41) is 14.8. The molecule has 0 amide bonds. The van der Waals surface area contributed by atoms with E-state index in [-0.39, 0.29) is 29.8 Å². The molecule has 0 aliphatic rings. The second-order valence-corrected chi connectivity index (χ2v) is 5.25. The van der Waals surface area contributed by atoms with Crippen LogP contribution in [0.1, 0.15) is 5.56 Å². The predicted octanol–water partition coefficient (Wildman–Crippen LogP) is -1.16. The molecule has 0 aliphatic heterocycles. The second-order valence-electron chi connectivity index (χ2n) is 3.55. The zero-order chi connectivity index (χ0) is 13.6. The molecule has 18 heavy (non-hydrogen) atoms. The van der Waals surface area contributed by atoms with Crippen LogP contribution in [0, 0.1) is 0 Å². The minimum Gasteiger partial charge on any atom is -0.392 e. The van der Waals surface area contributed by atoms with Gasteiger partial charge in [-0.1, -0.05) is 0 Å². The van der Waals surface area contributed by atoms with Crippen molar-refractivity contribution in [3.8, 4) is 0 Å². The van der Waals surface area contributed by atoms with Crippen molar-refractivity contribution >= 4 is 10.0 Å². The summed E-state index contributed by atoms with van der Waals surface area (Å²) in [5.74, 6) is 0. The maximum atomic E-state index is 11.9. The van der Waals surface area contributed by atoms with E-state index in [4.69, 9.17) is 14.6 Å². The highest BCUT2D eigenvalue weighted by atomic mass is 32.2. The number of aliphatic hydroxyl groups excluding tert-OH is 1. The van der Waals surface area contributed by atoms with Crippen LogP contribution in [-0.4, -0.2) is 57.2 Å². The molecule has 0 saturated heterocycles. The summed E-state index contributed by atoms with van der Waals surface area (Å²) in [4.78, 5) is 0. The van der Waals surface area contributed by atoms with Crippen LogP contribution in [0.3, 0.4) is 0 Å². The minimum absolute atomic E-state index is 0.0660. The number of ether oxygens (including phenoxy) is 2. The van der Waals surface area contributed by atoms with Crippen LogP contribution in [0.2, 0.25) is 0 Å². The minimum atomic E-state index is -3.75. The summed E-state index contributed by atoms with van der Waals surface area (Å²) in [5.41, 5.74) is 0.211. The van der Waals surface area contributed by atoms with Gasteiger partial charge in [0, 0.05) is 26.3 Å². The summed E-state index contributed by atoms with van der Waals surface area (Å²) >= 11 is 0. The first-order chi connectivity index (χ1) is 8.55. The Morgan fingerprint density at radius 3 is 2.83 bits per heavy atom. The van der Waals surface area contributed by atoms with Gasteiger partial charge in [0.2, 0.25) is 0 Å². The fraction of sp³-hybridized carbons (Fsp3) is 0.667. The van der Waals surface area contributed by atoms with E-state index in [1.54, 1.807) is 0 Å². The quantitative estimate of drug-likeness (QED) is 0.553. The van der Waals surface area contributed by atoms with E-state index >= 15 is 0 Å². The van der Waals surface area contributed by atoms with Crippen LogP contribution in [-0.2, 0) is 26.1 Å². The molecule has 1 rings (SSSR count). The molecule has 104 valence electrons. The topological polar surface area (TPSA) is 114 Å². The van der Waals surface area contributed by atoms with Gasteiger partial charge in [-0.15, -0.1) is 0 Å². The lowest BCUT2D eigenvalue weighted by Crippen LogP contribution is -2.36. The van der Waals surface area contributed by atoms with Gasteiger partial charge in [-0.05, 0) is 0 Å². The average Bonchev–Trinajstić information content (AvgIpc) is 2.83. The molecule has 0 aromatic carbocycles. The molecule has 1 aromatic rings. The lowest BCUT2D eigenvalue weighted by atomic mass is 10.4. The Balaban J connectivity index is 2.71. The molecule has 0 saturated carbocycles. The Morgan fingerprint density at radius 1 is 1.56 bits per heavy atom. The zero-order valence-corrected chi connectivity index (χ0v) is 11.0. The molecule has 9 heteroatoms. The van der Waals surface area contributed by atoms with Crippen LogP contribution in [0.25, 0.3) is 0 Å². The molecule has 0 radical (unpaired) electrons. The van der Waals surface area contributed by atoms with Gasteiger partial charge < -0.3 is 14.6 Å². The number of aliphatic hydroxyl groups is 1. The number of hydrogen-bond acceptors (Lipinski definition) is 6. The number of rotatable bonds is 8. The highest BCUT2D eigenvalue weighted by Crippen LogP contribution is 2.11. The smallest absolute Gasteiger partial charge is 0.257 e. The zero-order valence-electron chi connectivity index (χ0n) is 10.2. The van der Waals surface area contributed by atoms with Crippen molar-refractivity contribution in [3.63, 3.8) is 0 Å². The van der Waals surface area contributed by atoms with Gasteiger partial charge in [-0.2, -0.15) is 5.10 Å². The normalized spacial score (nSPS) is 13.7. The molecule has 1 unspecified atom stereocenters. The fourth-order valence-corrected chi connectivity index (χ4v) is 2.50. The average molecular weight is 279 g/mol. The van der Waals surface area contributed by atoms with Crippen LogP contribution in [0.4, 0.5) is 0 Å². The Hall–Kier alpha value is -1.00. The molecular weight excluding hydrogens is 262 g/mol. The SMILES string of the molecule is COCC(CNS(=O)(=O)c1[nH]ncc1CO)OC. The molecule has 1 aromatic heterocycles. The first kappa shape index (κ1) is 15.1. The predicted molar refractivity (Wildman–Crippen MR) is 62.4 cm³/mol. The van der Waals surface area contributed by atoms with Crippen molar-refractivity contribution in [2.75, 3.05) is 27.4 Å². The third-order valence-corrected chi connectivity index (χ3v) is 3.74. The molecule has 1 atom stereocenters. The molecule has 1 heterocycles. The molecule has 8 nitrogen and oxygen atoms in total. The van der Waals surface area contributed by atoms with Gasteiger partial charge >= 0.3 is 0 Å². The molecule has 0 aliphatic carbocycles. The largest absolute Gasteiger partial charge is 0.392 e. The van der Waals surface area contributed by atoms with E-state index in [2.05, 4.69) is 14.9 Å². The third kappa shape index (κ3) is 3.75. The summed E-state index contributed by atoms with van der Waals surface area (Å²) in [6.45, 7) is -0.0655. The van der Waals surface area contributed by atoms with Crippen molar-refractivity contribution in [1.29, 1.82) is 0 Å². The van der Waals surface area contributed by atoms with Gasteiger partial charge in [0.15, 0.2) is 5.03 Å². The Bertz CT molecular complexity index is 459. The van der Waals surface area contributed by atoms with E-state index in [1.807, 2.05) is 0 Å². The first-order valence-corrected chi connectivity index (χ1v) is 6.68. The summed E-state index contributed by atoms with van der Waals surface area (Å²) in [6.07, 6.45) is 0.877. The van der Waals surface area contributed by atoms with Crippen molar-refractivity contribution in [2.24, 2.45) is 0 Å². The van der Waals surface area contributed by atoms with Crippen LogP contribution < -0.4 is 4.72 Å². The highest BCUT2D eigenvalue weighted by Gasteiger charge is 2.21. The lowest BCUT2D eigenvalue weighted by Gasteiger charge is -2.14. The Morgan fingerprint density at radius 2 is 2.28 bits per heavy atom. The van der Waals surface area contributed by atoms with Crippen LogP contribution in [0.15, 0.2) is 11.2 Å². The monoisotopic (exact) mass is 279 g/mol. The van der Waals surface area contributed by atoms with Gasteiger partial charge in [-0.25, -0.2) is 13.1 Å². The van der Waals surface area contributed by atoms with Crippen molar-refractivity contribution in [1.82, 2.24) is 14.9 Å². The summed E-state index contributed by atoms with van der Waals surface area (Å²) in [7, 11) is -0.782. The standard InChI is InChI=1S/C9H17N3O5S/c1-16-6-8(17-2)4-11-18(14,15)9-7(5-13)3-10-12-9/h3,8,11,13H,4-6H2,1-2H3,(H,10,12). The van der Waals surface area contributed by atoms with Crippen LogP contribution in [0.5, 0.6) is 0 Å². The molecule has 0 fully saturated rings. The Kier molecular flexibility index (Phi) is 5.69. The Labute approximate surface area is 105 Å². The highest BCUT2D eigenvalue weighted by molar-refractivity contribution is 7.89. The number of H-pyrrole nitrogens is 1. The van der Waals surface area contributed by atoms with E-state index in [9.17, 15) is 8.42 Å². The maximum Gasteiger partial charge on any atom is 0.257 e.